The standard InChI is InChI=1S/C13H15ClO5/c1-2-19-8-3-4-9(11(15)5-6-14)10(7-8)12(16)13(17)18/h3-4,7,12,16H,2,5-6H2,1H3,(H,17,18). The monoisotopic (exact) mass is 286 g/mol. The summed E-state index contributed by atoms with van der Waals surface area (Å²) in [7, 11) is 0. The molecule has 1 rings (SSSR count). The molecule has 0 fully saturated rings. The van der Waals surface area contributed by atoms with Gasteiger partial charge >= 0.3 is 5.97 Å². The van der Waals surface area contributed by atoms with E-state index in [4.69, 9.17) is 21.4 Å². The van der Waals surface area contributed by atoms with Crippen molar-refractivity contribution in [3.8, 4) is 5.75 Å². The number of hydrogen-bond donors (Lipinski definition) is 2. The van der Waals surface area contributed by atoms with Gasteiger partial charge in [-0.1, -0.05) is 0 Å². The van der Waals surface area contributed by atoms with Gasteiger partial charge in [0.15, 0.2) is 11.9 Å². The van der Waals surface area contributed by atoms with E-state index in [-0.39, 0.29) is 29.2 Å². The summed E-state index contributed by atoms with van der Waals surface area (Å²) in [5, 5.41) is 18.5. The minimum Gasteiger partial charge on any atom is -0.494 e. The molecule has 0 aliphatic rings. The Balaban J connectivity index is 3.21. The second-order valence-corrected chi connectivity index (χ2v) is 4.16. The highest BCUT2D eigenvalue weighted by molar-refractivity contribution is 6.19. The van der Waals surface area contributed by atoms with Gasteiger partial charge in [0.25, 0.3) is 0 Å². The van der Waals surface area contributed by atoms with Crippen molar-refractivity contribution in [3.05, 3.63) is 29.3 Å². The molecule has 0 saturated heterocycles. The molecule has 6 heteroatoms. The van der Waals surface area contributed by atoms with Gasteiger partial charge in [-0.2, -0.15) is 0 Å². The predicted molar refractivity (Wildman–Crippen MR) is 69.9 cm³/mol. The molecule has 0 heterocycles. The molecular formula is C13H15ClO5. The summed E-state index contributed by atoms with van der Waals surface area (Å²) in [4.78, 5) is 22.7. The summed E-state index contributed by atoms with van der Waals surface area (Å²) in [5.41, 5.74) is 0.174. The van der Waals surface area contributed by atoms with E-state index in [1.54, 1.807) is 13.0 Å². The lowest BCUT2D eigenvalue weighted by molar-refractivity contribution is -0.146. The molecule has 104 valence electrons. The van der Waals surface area contributed by atoms with Crippen LogP contribution in [0.5, 0.6) is 5.75 Å². The van der Waals surface area contributed by atoms with Gasteiger partial charge in [0.05, 0.1) is 6.61 Å². The Labute approximate surface area is 115 Å². The molecule has 1 atom stereocenters. The number of carboxylic acids is 1. The third kappa shape index (κ3) is 3.94. The van der Waals surface area contributed by atoms with Crippen molar-refractivity contribution in [2.75, 3.05) is 12.5 Å². The highest BCUT2D eigenvalue weighted by Crippen LogP contribution is 2.25. The van der Waals surface area contributed by atoms with Gasteiger partial charge in [-0.25, -0.2) is 4.79 Å². The largest absolute Gasteiger partial charge is 0.494 e. The minimum atomic E-state index is -1.77. The molecule has 2 N–H and O–H groups in total. The number of aliphatic hydroxyl groups is 1. The highest BCUT2D eigenvalue weighted by Gasteiger charge is 2.23. The first-order valence-electron chi connectivity index (χ1n) is 5.78. The van der Waals surface area contributed by atoms with Crippen molar-refractivity contribution in [2.24, 2.45) is 0 Å². The molecule has 0 bridgehead atoms. The minimum absolute atomic E-state index is 0.0218. The number of hydrogen-bond acceptors (Lipinski definition) is 4. The maximum absolute atomic E-state index is 11.8. The average Bonchev–Trinajstić information content (AvgIpc) is 2.38. The molecule has 0 radical (unpaired) electrons. The van der Waals surface area contributed by atoms with Gasteiger partial charge in [-0.05, 0) is 25.1 Å². The molecule has 0 spiro atoms. The number of benzene rings is 1. The lowest BCUT2D eigenvalue weighted by atomic mass is 9.97. The molecule has 1 aromatic rings. The quantitative estimate of drug-likeness (QED) is 0.592. The van der Waals surface area contributed by atoms with Crippen LogP contribution in [0.15, 0.2) is 18.2 Å². The van der Waals surface area contributed by atoms with Crippen LogP contribution in [-0.4, -0.2) is 34.5 Å². The Kier molecular flexibility index (Phi) is 5.79. The highest BCUT2D eigenvalue weighted by atomic mass is 35.5. The van der Waals surface area contributed by atoms with E-state index in [0.29, 0.717) is 12.4 Å². The fourth-order valence-electron chi connectivity index (χ4n) is 1.63. The summed E-state index contributed by atoms with van der Waals surface area (Å²) >= 11 is 5.50. The van der Waals surface area contributed by atoms with Crippen LogP contribution in [0.1, 0.15) is 35.4 Å². The molecule has 1 unspecified atom stereocenters. The van der Waals surface area contributed by atoms with E-state index in [0.717, 1.165) is 0 Å². The zero-order chi connectivity index (χ0) is 14.4. The number of aliphatic carboxylic acids is 1. The lowest BCUT2D eigenvalue weighted by Crippen LogP contribution is -2.15. The van der Waals surface area contributed by atoms with E-state index >= 15 is 0 Å². The van der Waals surface area contributed by atoms with Crippen LogP contribution in [-0.2, 0) is 4.79 Å². The van der Waals surface area contributed by atoms with E-state index in [2.05, 4.69) is 0 Å². The van der Waals surface area contributed by atoms with Crippen LogP contribution < -0.4 is 4.74 Å². The van der Waals surface area contributed by atoms with Crippen molar-refractivity contribution in [2.45, 2.75) is 19.4 Å². The summed E-state index contributed by atoms with van der Waals surface area (Å²) in [6.07, 6.45) is -1.69. The molecule has 1 aromatic carbocycles. The zero-order valence-electron chi connectivity index (χ0n) is 10.4. The van der Waals surface area contributed by atoms with Crippen molar-refractivity contribution >= 4 is 23.4 Å². The third-order valence-electron chi connectivity index (χ3n) is 2.48. The predicted octanol–water partition coefficient (Wildman–Crippen LogP) is 2.01. The maximum Gasteiger partial charge on any atom is 0.337 e. The van der Waals surface area contributed by atoms with Gasteiger partial charge in [0, 0.05) is 23.4 Å². The number of carbonyl (C=O) groups excluding carboxylic acids is 1. The Morgan fingerprint density at radius 2 is 2.11 bits per heavy atom. The Morgan fingerprint density at radius 1 is 1.42 bits per heavy atom. The fraction of sp³-hybridized carbons (Fsp3) is 0.385. The third-order valence-corrected chi connectivity index (χ3v) is 2.67. The van der Waals surface area contributed by atoms with E-state index < -0.39 is 12.1 Å². The molecule has 5 nitrogen and oxygen atoms in total. The van der Waals surface area contributed by atoms with Gasteiger partial charge in [-0.15, -0.1) is 11.6 Å². The van der Waals surface area contributed by atoms with Crippen molar-refractivity contribution in [1.82, 2.24) is 0 Å². The molecule has 0 aromatic heterocycles. The smallest absolute Gasteiger partial charge is 0.337 e. The number of ketones is 1. The molecule has 0 amide bonds. The number of carbonyl (C=O) groups is 2. The molecule has 0 aliphatic heterocycles. The van der Waals surface area contributed by atoms with Crippen LogP contribution in [0.3, 0.4) is 0 Å². The van der Waals surface area contributed by atoms with Crippen molar-refractivity contribution in [3.63, 3.8) is 0 Å². The second kappa shape index (κ2) is 7.11. The van der Waals surface area contributed by atoms with Gasteiger partial charge in [-0.3, -0.25) is 4.79 Å². The van der Waals surface area contributed by atoms with Crippen molar-refractivity contribution in [1.29, 1.82) is 0 Å². The van der Waals surface area contributed by atoms with E-state index in [9.17, 15) is 14.7 Å². The van der Waals surface area contributed by atoms with Crippen LogP contribution in [0.2, 0.25) is 0 Å². The summed E-state index contributed by atoms with van der Waals surface area (Å²) < 4.78 is 5.23. The lowest BCUT2D eigenvalue weighted by Gasteiger charge is -2.13. The van der Waals surface area contributed by atoms with Crippen LogP contribution in [0.4, 0.5) is 0 Å². The first kappa shape index (κ1) is 15.5. The van der Waals surface area contributed by atoms with E-state index in [1.165, 1.54) is 12.1 Å². The number of carboxylic acid groups (broad SMARTS) is 1. The molecule has 19 heavy (non-hydrogen) atoms. The van der Waals surface area contributed by atoms with Gasteiger partial charge in [0.1, 0.15) is 5.75 Å². The normalized spacial score (nSPS) is 11.9. The first-order chi connectivity index (χ1) is 9.01. The Hall–Kier alpha value is -1.59. The average molecular weight is 287 g/mol. The van der Waals surface area contributed by atoms with Crippen LogP contribution in [0.25, 0.3) is 0 Å². The number of Topliss-reactive ketones (excluding diaryl/α,β-unsaturated/α-hetero) is 1. The topological polar surface area (TPSA) is 83.8 Å². The molecule has 0 aliphatic carbocycles. The summed E-state index contributed by atoms with van der Waals surface area (Å²) in [5.74, 6) is -1.20. The van der Waals surface area contributed by atoms with Crippen molar-refractivity contribution < 1.29 is 24.5 Å². The first-order valence-corrected chi connectivity index (χ1v) is 6.31. The zero-order valence-corrected chi connectivity index (χ0v) is 11.2. The van der Waals surface area contributed by atoms with Crippen LogP contribution in [0, 0.1) is 0 Å². The second-order valence-electron chi connectivity index (χ2n) is 3.79. The fourth-order valence-corrected chi connectivity index (χ4v) is 1.80. The number of halogens is 1. The number of aliphatic hydroxyl groups excluding tert-OH is 1. The Bertz CT molecular complexity index is 472. The number of alkyl halides is 1. The van der Waals surface area contributed by atoms with E-state index in [1.807, 2.05) is 0 Å². The number of rotatable bonds is 7. The summed E-state index contributed by atoms with van der Waals surface area (Å²) in [6, 6.07) is 4.37. The maximum atomic E-state index is 11.8. The molecule has 0 saturated carbocycles. The van der Waals surface area contributed by atoms with Crippen LogP contribution >= 0.6 is 11.6 Å². The summed E-state index contributed by atoms with van der Waals surface area (Å²) in [6.45, 7) is 2.18. The SMILES string of the molecule is CCOc1ccc(C(=O)CCCl)c(C(O)C(=O)O)c1. The van der Waals surface area contributed by atoms with Gasteiger partial charge in [0.2, 0.25) is 0 Å². The Morgan fingerprint density at radius 3 is 2.63 bits per heavy atom. The van der Waals surface area contributed by atoms with Gasteiger partial charge < -0.3 is 14.9 Å². The number of ether oxygens (including phenoxy) is 1. The molecular weight excluding hydrogens is 272 g/mol.